The lowest BCUT2D eigenvalue weighted by molar-refractivity contribution is -0.121. The van der Waals surface area contributed by atoms with E-state index in [9.17, 15) is 14.0 Å². The van der Waals surface area contributed by atoms with Crippen molar-refractivity contribution in [1.29, 1.82) is 0 Å². The number of amides is 2. The van der Waals surface area contributed by atoms with Crippen molar-refractivity contribution < 1.29 is 14.0 Å². The molecule has 0 atom stereocenters. The van der Waals surface area contributed by atoms with Gasteiger partial charge in [0, 0.05) is 18.1 Å². The summed E-state index contributed by atoms with van der Waals surface area (Å²) < 4.78 is 13.8. The Hall–Kier alpha value is -1.62. The van der Waals surface area contributed by atoms with E-state index in [1.54, 1.807) is 0 Å². The van der Waals surface area contributed by atoms with Crippen molar-refractivity contribution >= 4 is 23.4 Å². The van der Waals surface area contributed by atoms with Gasteiger partial charge in [-0.15, -0.1) is 0 Å². The van der Waals surface area contributed by atoms with E-state index in [-0.39, 0.29) is 23.0 Å². The van der Waals surface area contributed by atoms with Gasteiger partial charge in [-0.2, -0.15) is 0 Å². The highest BCUT2D eigenvalue weighted by Gasteiger charge is 2.21. The summed E-state index contributed by atoms with van der Waals surface area (Å²) in [6, 6.07) is 3.81. The minimum absolute atomic E-state index is 0.0847. The standard InChI is InChI=1S/C15H20ClFN2O2/c1-3-7-18-14(20)10-19(8-4-2)15(21)12-9-11(16)5-6-13(12)17/h5-6,9H,3-4,7-8,10H2,1-2H3,(H,18,20). The van der Waals surface area contributed by atoms with Gasteiger partial charge in [0.15, 0.2) is 0 Å². The van der Waals surface area contributed by atoms with Crippen molar-refractivity contribution in [3.8, 4) is 0 Å². The van der Waals surface area contributed by atoms with Gasteiger partial charge in [0.2, 0.25) is 5.91 Å². The summed E-state index contributed by atoms with van der Waals surface area (Å²) in [5.74, 6) is -1.41. The minimum atomic E-state index is -0.639. The highest BCUT2D eigenvalue weighted by atomic mass is 35.5. The van der Waals surface area contributed by atoms with Gasteiger partial charge in [0.25, 0.3) is 5.91 Å². The second-order valence-electron chi connectivity index (χ2n) is 4.70. The van der Waals surface area contributed by atoms with E-state index in [0.29, 0.717) is 19.5 Å². The second-order valence-corrected chi connectivity index (χ2v) is 5.14. The third-order valence-electron chi connectivity index (χ3n) is 2.85. The number of benzene rings is 1. The maximum Gasteiger partial charge on any atom is 0.257 e. The van der Waals surface area contributed by atoms with Crippen LogP contribution < -0.4 is 5.32 Å². The number of hydrogen-bond acceptors (Lipinski definition) is 2. The van der Waals surface area contributed by atoms with Crippen LogP contribution in [0.3, 0.4) is 0 Å². The third-order valence-corrected chi connectivity index (χ3v) is 3.08. The van der Waals surface area contributed by atoms with Crippen LogP contribution in [0.2, 0.25) is 5.02 Å². The van der Waals surface area contributed by atoms with Crippen molar-refractivity contribution in [1.82, 2.24) is 10.2 Å². The summed E-state index contributed by atoms with van der Waals surface area (Å²) in [6.07, 6.45) is 1.49. The van der Waals surface area contributed by atoms with Crippen LogP contribution in [-0.2, 0) is 4.79 Å². The zero-order chi connectivity index (χ0) is 15.8. The largest absolute Gasteiger partial charge is 0.355 e. The Morgan fingerprint density at radius 2 is 2.00 bits per heavy atom. The fraction of sp³-hybridized carbons (Fsp3) is 0.467. The van der Waals surface area contributed by atoms with E-state index in [4.69, 9.17) is 11.6 Å². The number of hydrogen-bond donors (Lipinski definition) is 1. The molecule has 0 aliphatic carbocycles. The smallest absolute Gasteiger partial charge is 0.257 e. The van der Waals surface area contributed by atoms with E-state index in [1.165, 1.54) is 17.0 Å². The van der Waals surface area contributed by atoms with Crippen LogP contribution in [0.5, 0.6) is 0 Å². The first-order valence-electron chi connectivity index (χ1n) is 7.00. The summed E-state index contributed by atoms with van der Waals surface area (Å²) >= 11 is 5.80. The molecular weight excluding hydrogens is 295 g/mol. The van der Waals surface area contributed by atoms with Crippen LogP contribution in [0.15, 0.2) is 18.2 Å². The maximum absolute atomic E-state index is 13.8. The molecule has 6 heteroatoms. The Morgan fingerprint density at radius 1 is 1.29 bits per heavy atom. The topological polar surface area (TPSA) is 49.4 Å². The predicted octanol–water partition coefficient (Wildman–Crippen LogP) is 2.86. The Morgan fingerprint density at radius 3 is 2.62 bits per heavy atom. The molecule has 0 heterocycles. The molecule has 1 aromatic rings. The van der Waals surface area contributed by atoms with Crippen molar-refractivity contribution in [2.24, 2.45) is 0 Å². The first-order valence-corrected chi connectivity index (χ1v) is 7.38. The molecule has 0 spiro atoms. The molecule has 0 unspecified atom stereocenters. The van der Waals surface area contributed by atoms with E-state index in [1.807, 2.05) is 13.8 Å². The second kappa shape index (κ2) is 8.62. The zero-order valence-electron chi connectivity index (χ0n) is 12.3. The van der Waals surface area contributed by atoms with Gasteiger partial charge < -0.3 is 10.2 Å². The quantitative estimate of drug-likeness (QED) is 0.841. The van der Waals surface area contributed by atoms with Crippen molar-refractivity contribution in [2.45, 2.75) is 26.7 Å². The van der Waals surface area contributed by atoms with Gasteiger partial charge in [0.05, 0.1) is 12.1 Å². The number of rotatable bonds is 7. The number of carbonyl (C=O) groups excluding carboxylic acids is 2. The van der Waals surface area contributed by atoms with E-state index < -0.39 is 11.7 Å². The first-order chi connectivity index (χ1) is 9.99. The summed E-state index contributed by atoms with van der Waals surface area (Å²) in [7, 11) is 0. The molecule has 1 N–H and O–H groups in total. The molecule has 0 saturated carbocycles. The van der Waals surface area contributed by atoms with Gasteiger partial charge in [0.1, 0.15) is 5.82 Å². The third kappa shape index (κ3) is 5.34. The Labute approximate surface area is 129 Å². The molecule has 2 amide bonds. The van der Waals surface area contributed by atoms with Gasteiger partial charge in [-0.3, -0.25) is 9.59 Å². The highest BCUT2D eigenvalue weighted by Crippen LogP contribution is 2.17. The molecule has 0 saturated heterocycles. The van der Waals surface area contributed by atoms with E-state index in [2.05, 4.69) is 5.32 Å². The van der Waals surface area contributed by atoms with Gasteiger partial charge >= 0.3 is 0 Å². The maximum atomic E-state index is 13.8. The molecule has 1 rings (SSSR count). The number of nitrogens with one attached hydrogen (secondary N) is 1. The van der Waals surface area contributed by atoms with Crippen LogP contribution >= 0.6 is 11.6 Å². The molecule has 1 aromatic carbocycles. The van der Waals surface area contributed by atoms with Gasteiger partial charge in [-0.25, -0.2) is 4.39 Å². The van der Waals surface area contributed by atoms with Crippen LogP contribution in [0.4, 0.5) is 4.39 Å². The number of carbonyl (C=O) groups is 2. The van der Waals surface area contributed by atoms with Crippen LogP contribution in [0.25, 0.3) is 0 Å². The Bertz CT molecular complexity index is 508. The van der Waals surface area contributed by atoms with E-state index >= 15 is 0 Å². The SMILES string of the molecule is CCCNC(=O)CN(CCC)C(=O)c1cc(Cl)ccc1F. The van der Waals surface area contributed by atoms with Gasteiger partial charge in [-0.1, -0.05) is 25.4 Å². The first kappa shape index (κ1) is 17.4. The molecule has 4 nitrogen and oxygen atoms in total. The monoisotopic (exact) mass is 314 g/mol. The van der Waals surface area contributed by atoms with Crippen molar-refractivity contribution in [2.75, 3.05) is 19.6 Å². The van der Waals surface area contributed by atoms with Gasteiger partial charge in [-0.05, 0) is 31.0 Å². The summed E-state index contributed by atoms with van der Waals surface area (Å²) in [5.41, 5.74) is -0.112. The summed E-state index contributed by atoms with van der Waals surface area (Å²) in [6.45, 7) is 4.68. The summed E-state index contributed by atoms with van der Waals surface area (Å²) in [5, 5.41) is 2.98. The molecule has 0 aliphatic heterocycles. The molecule has 0 aromatic heterocycles. The Kier molecular flexibility index (Phi) is 7.15. The molecule has 116 valence electrons. The van der Waals surface area contributed by atoms with Crippen molar-refractivity contribution in [3.05, 3.63) is 34.6 Å². The highest BCUT2D eigenvalue weighted by molar-refractivity contribution is 6.31. The van der Waals surface area contributed by atoms with Crippen molar-refractivity contribution in [3.63, 3.8) is 0 Å². The lowest BCUT2D eigenvalue weighted by Crippen LogP contribution is -2.41. The normalized spacial score (nSPS) is 10.3. The number of halogens is 2. The molecule has 0 bridgehead atoms. The molecule has 21 heavy (non-hydrogen) atoms. The fourth-order valence-electron chi connectivity index (χ4n) is 1.85. The summed E-state index contributed by atoms with van der Waals surface area (Å²) in [4.78, 5) is 25.4. The van der Waals surface area contributed by atoms with Crippen LogP contribution in [-0.4, -0.2) is 36.3 Å². The minimum Gasteiger partial charge on any atom is -0.355 e. The molecular formula is C15H20ClFN2O2. The van der Waals surface area contributed by atoms with E-state index in [0.717, 1.165) is 12.5 Å². The predicted molar refractivity (Wildman–Crippen MR) is 80.9 cm³/mol. The molecule has 0 radical (unpaired) electrons. The zero-order valence-corrected chi connectivity index (χ0v) is 13.0. The lowest BCUT2D eigenvalue weighted by atomic mass is 10.1. The average molecular weight is 315 g/mol. The molecule has 0 fully saturated rings. The van der Waals surface area contributed by atoms with Crippen LogP contribution in [0, 0.1) is 5.82 Å². The average Bonchev–Trinajstić information content (AvgIpc) is 2.46. The van der Waals surface area contributed by atoms with Crippen LogP contribution in [0.1, 0.15) is 37.0 Å². The Balaban J connectivity index is 2.86. The molecule has 0 aliphatic rings. The number of nitrogens with zero attached hydrogens (tertiary/aromatic N) is 1. The lowest BCUT2D eigenvalue weighted by Gasteiger charge is -2.22. The fourth-order valence-corrected chi connectivity index (χ4v) is 2.02.